The standard InChI is InChI=1S/C20H16N4O3/c25-19(20(26)24-22-14-15-5-4-12-21-13-15)23-16-8-10-18(11-9-16)27-17-6-2-1-3-7-17/h1-14H,(H,23,25)(H,24,26)/b22-14-. The van der Waals surface area contributed by atoms with Crippen LogP contribution >= 0.6 is 0 Å². The van der Waals surface area contributed by atoms with E-state index in [4.69, 9.17) is 4.74 Å². The van der Waals surface area contributed by atoms with Crippen LogP contribution in [0.2, 0.25) is 0 Å². The normalized spacial score (nSPS) is 10.4. The van der Waals surface area contributed by atoms with Crippen LogP contribution < -0.4 is 15.5 Å². The first kappa shape index (κ1) is 17.8. The molecule has 0 fully saturated rings. The highest BCUT2D eigenvalue weighted by molar-refractivity contribution is 6.39. The molecule has 27 heavy (non-hydrogen) atoms. The molecule has 0 unspecified atom stereocenters. The first-order chi connectivity index (χ1) is 13.2. The average Bonchev–Trinajstić information content (AvgIpc) is 2.71. The molecule has 0 atom stereocenters. The van der Waals surface area contributed by atoms with Crippen molar-refractivity contribution in [1.29, 1.82) is 0 Å². The highest BCUT2D eigenvalue weighted by Gasteiger charge is 2.12. The van der Waals surface area contributed by atoms with E-state index in [1.54, 1.807) is 48.8 Å². The summed E-state index contributed by atoms with van der Waals surface area (Å²) in [5, 5.41) is 6.21. The summed E-state index contributed by atoms with van der Waals surface area (Å²) in [5.41, 5.74) is 3.33. The number of carbonyl (C=O) groups is 2. The van der Waals surface area contributed by atoms with Gasteiger partial charge in [-0.05, 0) is 42.5 Å². The van der Waals surface area contributed by atoms with E-state index >= 15 is 0 Å². The fourth-order valence-electron chi connectivity index (χ4n) is 2.09. The Labute approximate surface area is 155 Å². The number of carbonyl (C=O) groups excluding carboxylic acids is 2. The number of nitrogens with zero attached hydrogens (tertiary/aromatic N) is 2. The zero-order valence-corrected chi connectivity index (χ0v) is 14.2. The van der Waals surface area contributed by atoms with Gasteiger partial charge in [-0.15, -0.1) is 0 Å². The summed E-state index contributed by atoms with van der Waals surface area (Å²) in [5.74, 6) is -0.375. The van der Waals surface area contributed by atoms with E-state index in [0.29, 0.717) is 22.7 Å². The van der Waals surface area contributed by atoms with Gasteiger partial charge < -0.3 is 10.1 Å². The van der Waals surface area contributed by atoms with Crippen molar-refractivity contribution in [1.82, 2.24) is 10.4 Å². The Hall–Kier alpha value is -4.00. The number of hydrazone groups is 1. The summed E-state index contributed by atoms with van der Waals surface area (Å²) in [6.45, 7) is 0. The molecule has 7 nitrogen and oxygen atoms in total. The fourth-order valence-corrected chi connectivity index (χ4v) is 2.09. The van der Waals surface area contributed by atoms with Gasteiger partial charge in [0.2, 0.25) is 0 Å². The van der Waals surface area contributed by atoms with Crippen molar-refractivity contribution in [3.63, 3.8) is 0 Å². The third-order valence-corrected chi connectivity index (χ3v) is 3.36. The van der Waals surface area contributed by atoms with E-state index in [-0.39, 0.29) is 0 Å². The van der Waals surface area contributed by atoms with Gasteiger partial charge in [0.1, 0.15) is 11.5 Å². The van der Waals surface area contributed by atoms with Gasteiger partial charge in [-0.1, -0.05) is 24.3 Å². The number of ether oxygens (including phenoxy) is 1. The molecule has 0 bridgehead atoms. The molecule has 0 saturated heterocycles. The molecule has 0 radical (unpaired) electrons. The minimum atomic E-state index is -0.875. The molecule has 1 aromatic heterocycles. The van der Waals surface area contributed by atoms with Crippen LogP contribution in [0.25, 0.3) is 0 Å². The largest absolute Gasteiger partial charge is 0.457 e. The Morgan fingerprint density at radius 1 is 0.889 bits per heavy atom. The minimum absolute atomic E-state index is 0.465. The van der Waals surface area contributed by atoms with Gasteiger partial charge in [-0.3, -0.25) is 14.6 Å². The predicted molar refractivity (Wildman–Crippen MR) is 102 cm³/mol. The third-order valence-electron chi connectivity index (χ3n) is 3.36. The summed E-state index contributed by atoms with van der Waals surface area (Å²) in [6.07, 6.45) is 4.60. The minimum Gasteiger partial charge on any atom is -0.457 e. The predicted octanol–water partition coefficient (Wildman–Crippen LogP) is 2.96. The number of hydrogen-bond acceptors (Lipinski definition) is 5. The van der Waals surface area contributed by atoms with Crippen LogP contribution in [0.1, 0.15) is 5.56 Å². The summed E-state index contributed by atoms with van der Waals surface area (Å²) >= 11 is 0. The number of pyridine rings is 1. The van der Waals surface area contributed by atoms with Gasteiger partial charge in [-0.25, -0.2) is 5.43 Å². The van der Waals surface area contributed by atoms with Crippen molar-refractivity contribution in [3.8, 4) is 11.5 Å². The molecule has 0 aliphatic rings. The molecule has 134 valence electrons. The highest BCUT2D eigenvalue weighted by Crippen LogP contribution is 2.22. The molecule has 3 aromatic rings. The van der Waals surface area contributed by atoms with Gasteiger partial charge in [0.25, 0.3) is 0 Å². The second kappa shape index (κ2) is 8.91. The molecule has 0 aliphatic heterocycles. The van der Waals surface area contributed by atoms with Gasteiger partial charge in [0.15, 0.2) is 0 Å². The molecular formula is C20H16N4O3. The number of anilines is 1. The van der Waals surface area contributed by atoms with E-state index in [1.165, 1.54) is 6.21 Å². The molecule has 2 amide bonds. The number of amides is 2. The number of hydrogen-bond donors (Lipinski definition) is 2. The average molecular weight is 360 g/mol. The maximum Gasteiger partial charge on any atom is 0.329 e. The number of para-hydroxylation sites is 1. The van der Waals surface area contributed by atoms with Gasteiger partial charge in [0.05, 0.1) is 6.21 Å². The zero-order valence-electron chi connectivity index (χ0n) is 14.2. The Morgan fingerprint density at radius 2 is 1.63 bits per heavy atom. The second-order valence-corrected chi connectivity index (χ2v) is 5.38. The quantitative estimate of drug-likeness (QED) is 0.416. The fraction of sp³-hybridized carbons (Fsp3) is 0. The van der Waals surface area contributed by atoms with Crippen molar-refractivity contribution < 1.29 is 14.3 Å². The van der Waals surface area contributed by atoms with E-state index < -0.39 is 11.8 Å². The van der Waals surface area contributed by atoms with Crippen LogP contribution in [0, 0.1) is 0 Å². The van der Waals surface area contributed by atoms with Gasteiger partial charge in [0, 0.05) is 23.6 Å². The summed E-state index contributed by atoms with van der Waals surface area (Å²) in [7, 11) is 0. The first-order valence-corrected chi connectivity index (χ1v) is 8.08. The van der Waals surface area contributed by atoms with Crippen LogP contribution in [-0.2, 0) is 9.59 Å². The van der Waals surface area contributed by atoms with Crippen molar-refractivity contribution in [2.24, 2.45) is 5.10 Å². The number of nitrogens with one attached hydrogen (secondary N) is 2. The van der Waals surface area contributed by atoms with Crippen molar-refractivity contribution in [2.45, 2.75) is 0 Å². The number of benzene rings is 2. The lowest BCUT2D eigenvalue weighted by molar-refractivity contribution is -0.136. The SMILES string of the molecule is O=C(N/N=C\c1cccnc1)C(=O)Nc1ccc(Oc2ccccc2)cc1. The monoisotopic (exact) mass is 360 g/mol. The van der Waals surface area contributed by atoms with Crippen molar-refractivity contribution in [3.05, 3.63) is 84.7 Å². The van der Waals surface area contributed by atoms with Crippen molar-refractivity contribution >= 4 is 23.7 Å². The third kappa shape index (κ3) is 5.50. The molecule has 0 aliphatic carbocycles. The van der Waals surface area contributed by atoms with Crippen molar-refractivity contribution in [2.75, 3.05) is 5.32 Å². The van der Waals surface area contributed by atoms with E-state index in [0.717, 1.165) is 0 Å². The van der Waals surface area contributed by atoms with E-state index in [1.807, 2.05) is 30.3 Å². The first-order valence-electron chi connectivity index (χ1n) is 8.08. The summed E-state index contributed by atoms with van der Waals surface area (Å²) in [6, 6.07) is 19.5. The highest BCUT2D eigenvalue weighted by atomic mass is 16.5. The molecule has 0 saturated carbocycles. The maximum atomic E-state index is 11.9. The Morgan fingerprint density at radius 3 is 2.33 bits per heavy atom. The van der Waals surface area contributed by atoms with Gasteiger partial charge in [-0.2, -0.15) is 5.10 Å². The van der Waals surface area contributed by atoms with E-state index in [9.17, 15) is 9.59 Å². The molecule has 2 N–H and O–H groups in total. The van der Waals surface area contributed by atoms with Crippen LogP contribution in [0.15, 0.2) is 84.2 Å². The maximum absolute atomic E-state index is 11.9. The molecular weight excluding hydrogens is 344 g/mol. The van der Waals surface area contributed by atoms with E-state index in [2.05, 4.69) is 20.8 Å². The molecule has 3 rings (SSSR count). The smallest absolute Gasteiger partial charge is 0.329 e. The second-order valence-electron chi connectivity index (χ2n) is 5.38. The van der Waals surface area contributed by atoms with Crippen LogP contribution in [0.3, 0.4) is 0 Å². The summed E-state index contributed by atoms with van der Waals surface area (Å²) in [4.78, 5) is 27.6. The molecule has 0 spiro atoms. The Kier molecular flexibility index (Phi) is 5.88. The Bertz CT molecular complexity index is 926. The number of rotatable bonds is 5. The number of aromatic nitrogens is 1. The lowest BCUT2D eigenvalue weighted by atomic mass is 10.3. The zero-order chi connectivity index (χ0) is 18.9. The summed E-state index contributed by atoms with van der Waals surface area (Å²) < 4.78 is 5.66. The molecule has 2 aromatic carbocycles. The van der Waals surface area contributed by atoms with Crippen LogP contribution in [0.5, 0.6) is 11.5 Å². The molecule has 1 heterocycles. The lowest BCUT2D eigenvalue weighted by Gasteiger charge is -2.07. The van der Waals surface area contributed by atoms with Crippen LogP contribution in [0.4, 0.5) is 5.69 Å². The molecule has 7 heteroatoms. The van der Waals surface area contributed by atoms with Gasteiger partial charge >= 0.3 is 11.8 Å². The van der Waals surface area contributed by atoms with Crippen LogP contribution in [-0.4, -0.2) is 23.0 Å². The lowest BCUT2D eigenvalue weighted by Crippen LogP contribution is -2.32. The Balaban J connectivity index is 1.51. The topological polar surface area (TPSA) is 92.7 Å².